The molecule has 17 heavy (non-hydrogen) atoms. The Labute approximate surface area is 102 Å². The molecule has 0 radical (unpaired) electrons. The fraction of sp³-hybridized carbons (Fsp3) is 0. The maximum Gasteiger partial charge on any atom is 0.131 e. The van der Waals surface area contributed by atoms with Crippen LogP contribution in [0.2, 0.25) is 5.02 Å². The summed E-state index contributed by atoms with van der Waals surface area (Å²) in [6.45, 7) is 0. The van der Waals surface area contributed by atoms with Gasteiger partial charge < -0.3 is 0 Å². The SMILES string of the molecule is N#Cc1cc(Cl)cc(-c2cc(F)ccc2F)c1. The molecule has 0 aromatic heterocycles. The lowest BCUT2D eigenvalue weighted by Gasteiger charge is -2.05. The van der Waals surface area contributed by atoms with E-state index in [-0.39, 0.29) is 5.56 Å². The second kappa shape index (κ2) is 4.52. The number of nitrogens with zero attached hydrogens (tertiary/aromatic N) is 1. The third-order valence-corrected chi connectivity index (χ3v) is 2.48. The standard InChI is InChI=1S/C13H6ClF2N/c14-10-4-8(7-17)3-9(5-10)12-6-11(15)1-2-13(12)16/h1-6H. The van der Waals surface area contributed by atoms with Gasteiger partial charge in [-0.2, -0.15) is 5.26 Å². The van der Waals surface area contributed by atoms with E-state index in [9.17, 15) is 8.78 Å². The number of nitriles is 1. The summed E-state index contributed by atoms with van der Waals surface area (Å²) in [6, 6.07) is 9.47. The molecule has 0 unspecified atom stereocenters. The molecular formula is C13H6ClF2N. The molecule has 0 aliphatic carbocycles. The lowest BCUT2D eigenvalue weighted by atomic mass is 10.0. The van der Waals surface area contributed by atoms with Crippen LogP contribution in [0, 0.1) is 23.0 Å². The van der Waals surface area contributed by atoms with Gasteiger partial charge in [-0.1, -0.05) is 11.6 Å². The Balaban J connectivity index is 2.64. The minimum absolute atomic E-state index is 0.0870. The quantitative estimate of drug-likeness (QED) is 0.745. The highest BCUT2D eigenvalue weighted by Gasteiger charge is 2.08. The third kappa shape index (κ3) is 2.43. The van der Waals surface area contributed by atoms with Gasteiger partial charge in [-0.15, -0.1) is 0 Å². The number of hydrogen-bond acceptors (Lipinski definition) is 1. The number of halogens is 3. The summed E-state index contributed by atoms with van der Waals surface area (Å²) in [5.41, 5.74) is 0.770. The Morgan fingerprint density at radius 3 is 2.53 bits per heavy atom. The van der Waals surface area contributed by atoms with Crippen molar-refractivity contribution in [1.82, 2.24) is 0 Å². The zero-order valence-corrected chi connectivity index (χ0v) is 9.30. The number of benzene rings is 2. The van der Waals surface area contributed by atoms with Crippen LogP contribution in [0.4, 0.5) is 8.78 Å². The lowest BCUT2D eigenvalue weighted by Crippen LogP contribution is -1.87. The fourth-order valence-electron chi connectivity index (χ4n) is 1.53. The average molecular weight is 250 g/mol. The van der Waals surface area contributed by atoms with Crippen molar-refractivity contribution in [2.24, 2.45) is 0 Å². The molecule has 0 spiro atoms. The van der Waals surface area contributed by atoms with E-state index in [0.29, 0.717) is 16.1 Å². The maximum atomic E-state index is 13.5. The van der Waals surface area contributed by atoms with Crippen LogP contribution >= 0.6 is 11.6 Å². The van der Waals surface area contributed by atoms with Crippen molar-refractivity contribution in [1.29, 1.82) is 5.26 Å². The first-order chi connectivity index (χ1) is 8.10. The summed E-state index contributed by atoms with van der Waals surface area (Å²) >= 11 is 5.80. The lowest BCUT2D eigenvalue weighted by molar-refractivity contribution is 0.603. The van der Waals surface area contributed by atoms with Crippen LogP contribution < -0.4 is 0 Å². The normalized spacial score (nSPS) is 10.0. The smallest absolute Gasteiger partial charge is 0.131 e. The van der Waals surface area contributed by atoms with Gasteiger partial charge in [0, 0.05) is 10.6 Å². The van der Waals surface area contributed by atoms with Gasteiger partial charge in [-0.05, 0) is 42.0 Å². The third-order valence-electron chi connectivity index (χ3n) is 2.27. The second-order valence-electron chi connectivity index (χ2n) is 3.46. The van der Waals surface area contributed by atoms with Crippen molar-refractivity contribution in [3.05, 3.63) is 58.6 Å². The van der Waals surface area contributed by atoms with E-state index in [0.717, 1.165) is 18.2 Å². The fourth-order valence-corrected chi connectivity index (χ4v) is 1.76. The maximum absolute atomic E-state index is 13.5. The number of rotatable bonds is 1. The predicted molar refractivity (Wildman–Crippen MR) is 61.5 cm³/mol. The topological polar surface area (TPSA) is 23.8 Å². The van der Waals surface area contributed by atoms with Gasteiger partial charge >= 0.3 is 0 Å². The number of hydrogen-bond donors (Lipinski definition) is 0. The molecule has 0 fully saturated rings. The summed E-state index contributed by atoms with van der Waals surface area (Å²) in [4.78, 5) is 0. The molecule has 1 nitrogen and oxygen atoms in total. The van der Waals surface area contributed by atoms with E-state index in [1.54, 1.807) is 0 Å². The molecular weight excluding hydrogens is 244 g/mol. The molecule has 0 aliphatic heterocycles. The van der Waals surface area contributed by atoms with E-state index in [1.165, 1.54) is 18.2 Å². The van der Waals surface area contributed by atoms with Gasteiger partial charge in [0.05, 0.1) is 11.6 Å². The summed E-state index contributed by atoms with van der Waals surface area (Å²) < 4.78 is 26.6. The highest BCUT2D eigenvalue weighted by Crippen LogP contribution is 2.27. The molecule has 0 heterocycles. The molecule has 0 saturated carbocycles. The molecule has 0 N–H and O–H groups in total. The van der Waals surface area contributed by atoms with Gasteiger partial charge in [-0.3, -0.25) is 0 Å². The zero-order valence-electron chi connectivity index (χ0n) is 8.55. The summed E-state index contributed by atoms with van der Waals surface area (Å²) in [5, 5.41) is 9.09. The van der Waals surface area contributed by atoms with Crippen molar-refractivity contribution in [3.63, 3.8) is 0 Å². The highest BCUT2D eigenvalue weighted by atomic mass is 35.5. The molecule has 0 saturated heterocycles. The Hall–Kier alpha value is -1.92. The molecule has 2 aromatic rings. The predicted octanol–water partition coefficient (Wildman–Crippen LogP) is 4.16. The van der Waals surface area contributed by atoms with Crippen LogP contribution in [0.3, 0.4) is 0 Å². The first kappa shape index (κ1) is 11.6. The average Bonchev–Trinajstić information content (AvgIpc) is 2.31. The molecule has 0 atom stereocenters. The van der Waals surface area contributed by atoms with Crippen LogP contribution in [0.15, 0.2) is 36.4 Å². The van der Waals surface area contributed by atoms with Crippen molar-refractivity contribution in [2.45, 2.75) is 0 Å². The van der Waals surface area contributed by atoms with Gasteiger partial charge in [0.25, 0.3) is 0 Å². The van der Waals surface area contributed by atoms with Gasteiger partial charge in [-0.25, -0.2) is 8.78 Å². The van der Waals surface area contributed by atoms with Gasteiger partial charge in [0.15, 0.2) is 0 Å². The monoisotopic (exact) mass is 249 g/mol. The van der Waals surface area contributed by atoms with Crippen molar-refractivity contribution < 1.29 is 8.78 Å². The Morgan fingerprint density at radius 2 is 1.82 bits per heavy atom. The van der Waals surface area contributed by atoms with Crippen LogP contribution in [-0.4, -0.2) is 0 Å². The highest BCUT2D eigenvalue weighted by molar-refractivity contribution is 6.31. The minimum Gasteiger partial charge on any atom is -0.207 e. The Kier molecular flexibility index (Phi) is 3.08. The molecule has 0 aliphatic rings. The van der Waals surface area contributed by atoms with Crippen LogP contribution in [0.5, 0.6) is 0 Å². The van der Waals surface area contributed by atoms with E-state index in [2.05, 4.69) is 0 Å². The molecule has 0 amide bonds. The van der Waals surface area contributed by atoms with Crippen LogP contribution in [0.25, 0.3) is 11.1 Å². The van der Waals surface area contributed by atoms with Crippen LogP contribution in [-0.2, 0) is 0 Å². The molecule has 4 heteroatoms. The van der Waals surface area contributed by atoms with Gasteiger partial charge in [0.1, 0.15) is 11.6 Å². The second-order valence-corrected chi connectivity index (χ2v) is 3.90. The Morgan fingerprint density at radius 1 is 1.06 bits per heavy atom. The zero-order chi connectivity index (χ0) is 12.4. The van der Waals surface area contributed by atoms with Crippen molar-refractivity contribution >= 4 is 11.6 Å². The summed E-state index contributed by atoms with van der Waals surface area (Å²) in [7, 11) is 0. The van der Waals surface area contributed by atoms with E-state index in [4.69, 9.17) is 16.9 Å². The molecule has 84 valence electrons. The minimum atomic E-state index is -0.558. The first-order valence-corrected chi connectivity index (χ1v) is 5.14. The van der Waals surface area contributed by atoms with E-state index >= 15 is 0 Å². The largest absolute Gasteiger partial charge is 0.207 e. The Bertz CT molecular complexity index is 617. The van der Waals surface area contributed by atoms with E-state index in [1.807, 2.05) is 6.07 Å². The summed E-state index contributed by atoms with van der Waals surface area (Å²) in [6.07, 6.45) is 0. The molecule has 2 aromatic carbocycles. The summed E-state index contributed by atoms with van der Waals surface area (Å²) in [5.74, 6) is -1.10. The first-order valence-electron chi connectivity index (χ1n) is 4.76. The van der Waals surface area contributed by atoms with E-state index < -0.39 is 11.6 Å². The van der Waals surface area contributed by atoms with Gasteiger partial charge in [0.2, 0.25) is 0 Å². The molecule has 0 bridgehead atoms. The molecule has 2 rings (SSSR count). The van der Waals surface area contributed by atoms with Crippen LogP contribution in [0.1, 0.15) is 5.56 Å². The van der Waals surface area contributed by atoms with Crippen molar-refractivity contribution in [2.75, 3.05) is 0 Å². The van der Waals surface area contributed by atoms with Crippen molar-refractivity contribution in [3.8, 4) is 17.2 Å².